The molecule has 0 aliphatic carbocycles. The second-order valence-electron chi connectivity index (χ2n) is 5.84. The molecule has 0 bridgehead atoms. The van der Waals surface area contributed by atoms with Crippen molar-refractivity contribution in [2.75, 3.05) is 33.1 Å². The van der Waals surface area contributed by atoms with Crippen molar-refractivity contribution < 1.29 is 19.1 Å². The number of amides is 2. The third-order valence-corrected chi connectivity index (χ3v) is 4.89. The number of nitrogens with zero attached hydrogens (tertiary/aromatic N) is 1. The molecule has 1 aromatic heterocycles. The second kappa shape index (κ2) is 12.1. The highest BCUT2D eigenvalue weighted by atomic mass is 32.2. The number of benzene rings is 1. The maximum atomic E-state index is 12.4. The van der Waals surface area contributed by atoms with Crippen LogP contribution in [0.15, 0.2) is 53.7 Å². The number of methoxy groups -OCH3 is 2. The summed E-state index contributed by atoms with van der Waals surface area (Å²) in [6.07, 6.45) is 1.85. The highest BCUT2D eigenvalue weighted by Gasteiger charge is 2.15. The predicted molar refractivity (Wildman–Crippen MR) is 108 cm³/mol. The van der Waals surface area contributed by atoms with Crippen molar-refractivity contribution in [3.8, 4) is 0 Å². The quantitative estimate of drug-likeness (QED) is 0.440. The van der Waals surface area contributed by atoms with Crippen LogP contribution in [0.2, 0.25) is 0 Å². The molecular weight excluding hydrogens is 378 g/mol. The molecule has 2 aromatic rings. The molecule has 1 heterocycles. The summed E-state index contributed by atoms with van der Waals surface area (Å²) in [5, 5.41) is 6.13. The standard InChI is InChI=1S/C20H25N3O4S/c1-26-18(27-2)13-23-19(25)16-9-6-11-22-20(16)28-14-17(24)21-12-10-15-7-4-3-5-8-15/h3-9,11,18H,10,12-14H2,1-2H3,(H,21,24)(H,23,25). The molecule has 0 radical (unpaired) electrons. The first-order chi connectivity index (χ1) is 13.6. The van der Waals surface area contributed by atoms with E-state index in [1.54, 1.807) is 18.3 Å². The average Bonchev–Trinajstić information content (AvgIpc) is 2.74. The van der Waals surface area contributed by atoms with E-state index in [0.29, 0.717) is 17.1 Å². The fraction of sp³-hybridized carbons (Fsp3) is 0.350. The molecule has 0 fully saturated rings. The summed E-state index contributed by atoms with van der Waals surface area (Å²) in [7, 11) is 3.00. The molecule has 0 unspecified atom stereocenters. The van der Waals surface area contributed by atoms with Crippen LogP contribution in [-0.2, 0) is 20.7 Å². The first-order valence-electron chi connectivity index (χ1n) is 8.86. The highest BCUT2D eigenvalue weighted by Crippen LogP contribution is 2.19. The van der Waals surface area contributed by atoms with Gasteiger partial charge < -0.3 is 20.1 Å². The van der Waals surface area contributed by atoms with E-state index >= 15 is 0 Å². The van der Waals surface area contributed by atoms with Gasteiger partial charge in [0.25, 0.3) is 5.91 Å². The maximum Gasteiger partial charge on any atom is 0.254 e. The third kappa shape index (κ3) is 7.30. The van der Waals surface area contributed by atoms with Crippen molar-refractivity contribution in [1.29, 1.82) is 0 Å². The predicted octanol–water partition coefficient (Wildman–Crippen LogP) is 1.88. The Morgan fingerprint density at radius 3 is 2.54 bits per heavy atom. The lowest BCUT2D eigenvalue weighted by Crippen LogP contribution is -2.34. The Labute approximate surface area is 169 Å². The average molecular weight is 404 g/mol. The Morgan fingerprint density at radius 2 is 1.82 bits per heavy atom. The van der Waals surface area contributed by atoms with Gasteiger partial charge in [0.2, 0.25) is 5.91 Å². The highest BCUT2D eigenvalue weighted by molar-refractivity contribution is 8.00. The number of carbonyl (C=O) groups is 2. The molecule has 7 nitrogen and oxygen atoms in total. The van der Waals surface area contributed by atoms with Crippen molar-refractivity contribution in [1.82, 2.24) is 15.6 Å². The Kier molecular flexibility index (Phi) is 9.47. The van der Waals surface area contributed by atoms with Crippen molar-refractivity contribution in [3.63, 3.8) is 0 Å². The monoisotopic (exact) mass is 403 g/mol. The van der Waals surface area contributed by atoms with E-state index in [-0.39, 0.29) is 24.1 Å². The van der Waals surface area contributed by atoms with Gasteiger partial charge in [-0.05, 0) is 24.1 Å². The van der Waals surface area contributed by atoms with Gasteiger partial charge in [-0.2, -0.15) is 0 Å². The zero-order chi connectivity index (χ0) is 20.2. The van der Waals surface area contributed by atoms with Crippen LogP contribution in [0.25, 0.3) is 0 Å². The van der Waals surface area contributed by atoms with Crippen LogP contribution in [0.3, 0.4) is 0 Å². The minimum Gasteiger partial charge on any atom is -0.355 e. The zero-order valence-corrected chi connectivity index (χ0v) is 16.8. The number of carbonyl (C=O) groups excluding carboxylic acids is 2. The van der Waals surface area contributed by atoms with E-state index in [9.17, 15) is 9.59 Å². The van der Waals surface area contributed by atoms with E-state index in [1.165, 1.54) is 31.5 Å². The van der Waals surface area contributed by atoms with Gasteiger partial charge in [0, 0.05) is 27.0 Å². The largest absolute Gasteiger partial charge is 0.355 e. The molecule has 0 atom stereocenters. The van der Waals surface area contributed by atoms with Gasteiger partial charge >= 0.3 is 0 Å². The van der Waals surface area contributed by atoms with Crippen LogP contribution in [0, 0.1) is 0 Å². The summed E-state index contributed by atoms with van der Waals surface area (Å²) in [6.45, 7) is 0.777. The topological polar surface area (TPSA) is 89.5 Å². The van der Waals surface area contributed by atoms with Crippen molar-refractivity contribution >= 4 is 23.6 Å². The summed E-state index contributed by atoms with van der Waals surface area (Å²) in [5.41, 5.74) is 1.58. The Morgan fingerprint density at radius 1 is 1.07 bits per heavy atom. The number of hydrogen-bond acceptors (Lipinski definition) is 6. The first-order valence-corrected chi connectivity index (χ1v) is 9.84. The summed E-state index contributed by atoms with van der Waals surface area (Å²) in [4.78, 5) is 28.7. The van der Waals surface area contributed by atoms with Gasteiger partial charge in [0.15, 0.2) is 6.29 Å². The summed E-state index contributed by atoms with van der Waals surface area (Å²) >= 11 is 1.23. The number of rotatable bonds is 11. The summed E-state index contributed by atoms with van der Waals surface area (Å²) < 4.78 is 10.1. The van der Waals surface area contributed by atoms with Gasteiger partial charge in [0.05, 0.1) is 17.9 Å². The molecule has 2 rings (SSSR count). The second-order valence-corrected chi connectivity index (χ2v) is 6.81. The third-order valence-electron chi connectivity index (χ3n) is 3.89. The molecule has 0 aliphatic heterocycles. The van der Waals surface area contributed by atoms with Crippen LogP contribution in [0.4, 0.5) is 0 Å². The molecule has 0 saturated carbocycles. The summed E-state index contributed by atoms with van der Waals surface area (Å²) in [6, 6.07) is 13.3. The van der Waals surface area contributed by atoms with Crippen LogP contribution in [-0.4, -0.2) is 56.2 Å². The molecule has 0 aliphatic rings. The minimum atomic E-state index is -0.521. The number of nitrogens with one attached hydrogen (secondary N) is 2. The van der Waals surface area contributed by atoms with E-state index in [4.69, 9.17) is 9.47 Å². The fourth-order valence-electron chi connectivity index (χ4n) is 2.39. The number of pyridine rings is 1. The fourth-order valence-corrected chi connectivity index (χ4v) is 3.21. The lowest BCUT2D eigenvalue weighted by atomic mass is 10.1. The Balaban J connectivity index is 1.81. The lowest BCUT2D eigenvalue weighted by Gasteiger charge is -2.14. The molecule has 1 aromatic carbocycles. The van der Waals surface area contributed by atoms with Gasteiger partial charge in [-0.25, -0.2) is 4.98 Å². The van der Waals surface area contributed by atoms with Gasteiger partial charge in [-0.15, -0.1) is 0 Å². The van der Waals surface area contributed by atoms with Crippen molar-refractivity contribution in [3.05, 3.63) is 59.8 Å². The van der Waals surface area contributed by atoms with Crippen LogP contribution in [0.1, 0.15) is 15.9 Å². The molecule has 150 valence electrons. The van der Waals surface area contributed by atoms with E-state index in [2.05, 4.69) is 15.6 Å². The summed E-state index contributed by atoms with van der Waals surface area (Å²) in [5.74, 6) is -0.207. The lowest BCUT2D eigenvalue weighted by molar-refractivity contribution is -0.118. The number of aromatic nitrogens is 1. The molecule has 28 heavy (non-hydrogen) atoms. The molecule has 0 spiro atoms. The number of ether oxygens (including phenoxy) is 2. The first kappa shape index (κ1) is 21.9. The zero-order valence-electron chi connectivity index (χ0n) is 16.0. The molecular formula is C20H25N3O4S. The van der Waals surface area contributed by atoms with Gasteiger partial charge in [-0.3, -0.25) is 9.59 Å². The van der Waals surface area contributed by atoms with E-state index in [1.807, 2.05) is 30.3 Å². The van der Waals surface area contributed by atoms with Crippen molar-refractivity contribution in [2.45, 2.75) is 17.7 Å². The van der Waals surface area contributed by atoms with E-state index in [0.717, 1.165) is 6.42 Å². The molecule has 8 heteroatoms. The van der Waals surface area contributed by atoms with Crippen LogP contribution in [0.5, 0.6) is 0 Å². The van der Waals surface area contributed by atoms with Crippen molar-refractivity contribution in [2.24, 2.45) is 0 Å². The Bertz CT molecular complexity index is 754. The normalized spacial score (nSPS) is 10.7. The molecule has 2 amide bonds. The number of hydrogen-bond donors (Lipinski definition) is 2. The minimum absolute atomic E-state index is 0.100. The van der Waals surface area contributed by atoms with Crippen LogP contribution < -0.4 is 10.6 Å². The number of thioether (sulfide) groups is 1. The van der Waals surface area contributed by atoms with Crippen LogP contribution >= 0.6 is 11.8 Å². The van der Waals surface area contributed by atoms with Gasteiger partial charge in [-0.1, -0.05) is 42.1 Å². The smallest absolute Gasteiger partial charge is 0.254 e. The molecule has 0 saturated heterocycles. The van der Waals surface area contributed by atoms with E-state index < -0.39 is 6.29 Å². The molecule has 2 N–H and O–H groups in total. The van der Waals surface area contributed by atoms with Gasteiger partial charge in [0.1, 0.15) is 5.03 Å². The maximum absolute atomic E-state index is 12.4. The Hall–Kier alpha value is -2.42. The SMILES string of the molecule is COC(CNC(=O)c1cccnc1SCC(=O)NCCc1ccccc1)OC.